The Balaban J connectivity index is 2.01. The molecular weight excluding hydrogens is 290 g/mol. The van der Waals surface area contributed by atoms with Gasteiger partial charge in [-0.25, -0.2) is 13.1 Å². The lowest BCUT2D eigenvalue weighted by Crippen LogP contribution is -2.25. The quantitative estimate of drug-likeness (QED) is 0.553. The van der Waals surface area contributed by atoms with Gasteiger partial charge in [0.1, 0.15) is 0 Å². The van der Waals surface area contributed by atoms with E-state index in [1.165, 1.54) is 26.0 Å². The highest BCUT2D eigenvalue weighted by molar-refractivity contribution is 7.89. The molecule has 1 fully saturated rings. The third kappa shape index (κ3) is 4.33. The lowest BCUT2D eigenvalue weighted by molar-refractivity contribution is 0.131. The number of nitrogens with zero attached hydrogens (tertiary/aromatic N) is 1. The van der Waals surface area contributed by atoms with Crippen LogP contribution in [0.3, 0.4) is 0 Å². The van der Waals surface area contributed by atoms with Crippen LogP contribution < -0.4 is 15.4 Å². The Morgan fingerprint density at radius 2 is 2.14 bits per heavy atom. The molecule has 2 rings (SSSR count). The Morgan fingerprint density at radius 1 is 1.43 bits per heavy atom. The van der Waals surface area contributed by atoms with Crippen molar-refractivity contribution >= 4 is 21.4 Å². The van der Waals surface area contributed by atoms with Crippen LogP contribution in [-0.2, 0) is 14.8 Å². The van der Waals surface area contributed by atoms with Gasteiger partial charge >= 0.3 is 0 Å². The number of likely N-dealkylation sites (N-methyl/N-ethyl adjacent to an activating group) is 1. The Bertz CT molecular complexity index is 585. The number of hydrogen-bond donors (Lipinski definition) is 2. The standard InChI is InChI=1S/C14H23N3O3S/c1-16-21(18,19)12-5-6-13(15)14(9-12)17(2)7-8-20-10-11-3-4-11/h5-6,9,11,16H,3-4,7-8,10,15H2,1-2H3. The maximum absolute atomic E-state index is 11.8. The highest BCUT2D eigenvalue weighted by atomic mass is 32.2. The molecule has 0 radical (unpaired) electrons. The number of nitrogen functional groups attached to an aromatic ring is 1. The molecule has 7 heteroatoms. The predicted molar refractivity (Wildman–Crippen MR) is 83.9 cm³/mol. The fourth-order valence-electron chi connectivity index (χ4n) is 2.00. The Hall–Kier alpha value is -1.31. The Morgan fingerprint density at radius 3 is 2.76 bits per heavy atom. The van der Waals surface area contributed by atoms with Crippen LogP contribution in [0.25, 0.3) is 0 Å². The predicted octanol–water partition coefficient (Wildman–Crippen LogP) is 1.04. The molecule has 0 aromatic heterocycles. The number of nitrogens with two attached hydrogens (primary N) is 1. The second-order valence-corrected chi connectivity index (χ2v) is 7.25. The van der Waals surface area contributed by atoms with Crippen molar-refractivity contribution in [1.82, 2.24) is 4.72 Å². The molecule has 21 heavy (non-hydrogen) atoms. The van der Waals surface area contributed by atoms with Gasteiger partial charge < -0.3 is 15.4 Å². The molecule has 118 valence electrons. The molecule has 0 amide bonds. The van der Waals surface area contributed by atoms with Crippen LogP contribution in [0.4, 0.5) is 11.4 Å². The average molecular weight is 313 g/mol. The van der Waals surface area contributed by atoms with E-state index >= 15 is 0 Å². The SMILES string of the molecule is CNS(=O)(=O)c1ccc(N)c(N(C)CCOCC2CC2)c1. The van der Waals surface area contributed by atoms with Crippen molar-refractivity contribution in [3.05, 3.63) is 18.2 Å². The third-order valence-corrected chi connectivity index (χ3v) is 5.03. The van der Waals surface area contributed by atoms with Crippen LogP contribution in [0, 0.1) is 5.92 Å². The number of rotatable bonds is 8. The van der Waals surface area contributed by atoms with E-state index in [4.69, 9.17) is 10.5 Å². The van der Waals surface area contributed by atoms with E-state index < -0.39 is 10.0 Å². The number of anilines is 2. The first-order valence-electron chi connectivity index (χ1n) is 7.06. The normalized spacial score (nSPS) is 15.1. The molecule has 1 aromatic carbocycles. The van der Waals surface area contributed by atoms with E-state index in [9.17, 15) is 8.42 Å². The van der Waals surface area contributed by atoms with Gasteiger partial charge in [0.2, 0.25) is 10.0 Å². The molecule has 1 saturated carbocycles. The van der Waals surface area contributed by atoms with Gasteiger partial charge in [-0.15, -0.1) is 0 Å². The van der Waals surface area contributed by atoms with Gasteiger partial charge in [-0.2, -0.15) is 0 Å². The topological polar surface area (TPSA) is 84.7 Å². The molecule has 0 bridgehead atoms. The molecule has 1 aliphatic rings. The summed E-state index contributed by atoms with van der Waals surface area (Å²) in [7, 11) is -0.196. The summed E-state index contributed by atoms with van der Waals surface area (Å²) in [6.07, 6.45) is 2.54. The molecule has 0 unspecified atom stereocenters. The smallest absolute Gasteiger partial charge is 0.240 e. The van der Waals surface area contributed by atoms with Gasteiger partial charge in [0.15, 0.2) is 0 Å². The summed E-state index contributed by atoms with van der Waals surface area (Å²) in [6.45, 7) is 2.09. The van der Waals surface area contributed by atoms with Gasteiger partial charge in [-0.1, -0.05) is 0 Å². The molecule has 6 nitrogen and oxygen atoms in total. The Kier molecular flexibility index (Phi) is 5.08. The summed E-state index contributed by atoms with van der Waals surface area (Å²) in [6, 6.07) is 4.70. The second-order valence-electron chi connectivity index (χ2n) is 5.37. The van der Waals surface area contributed by atoms with Crippen molar-refractivity contribution in [2.45, 2.75) is 17.7 Å². The summed E-state index contributed by atoms with van der Waals surface area (Å²) in [5.74, 6) is 0.740. The molecular formula is C14H23N3O3S. The summed E-state index contributed by atoms with van der Waals surface area (Å²) >= 11 is 0. The van der Waals surface area contributed by atoms with E-state index in [-0.39, 0.29) is 4.90 Å². The minimum absolute atomic E-state index is 0.208. The first kappa shape index (κ1) is 16.1. The zero-order valence-corrected chi connectivity index (χ0v) is 13.3. The monoisotopic (exact) mass is 313 g/mol. The van der Waals surface area contributed by atoms with Crippen LogP contribution in [0.5, 0.6) is 0 Å². The van der Waals surface area contributed by atoms with Gasteiger partial charge in [0, 0.05) is 20.2 Å². The van der Waals surface area contributed by atoms with Crippen LogP contribution in [-0.4, -0.2) is 42.3 Å². The number of ether oxygens (including phenoxy) is 1. The highest BCUT2D eigenvalue weighted by Gasteiger charge is 2.21. The van der Waals surface area contributed by atoms with Crippen LogP contribution in [0.2, 0.25) is 0 Å². The number of benzene rings is 1. The van der Waals surface area contributed by atoms with Crippen LogP contribution in [0.1, 0.15) is 12.8 Å². The molecule has 1 aliphatic carbocycles. The third-order valence-electron chi connectivity index (χ3n) is 3.61. The maximum Gasteiger partial charge on any atom is 0.240 e. The van der Waals surface area contributed by atoms with Crippen molar-refractivity contribution in [3.8, 4) is 0 Å². The zero-order valence-electron chi connectivity index (χ0n) is 12.5. The fraction of sp³-hybridized carbons (Fsp3) is 0.571. The maximum atomic E-state index is 11.8. The van der Waals surface area contributed by atoms with E-state index in [1.807, 2.05) is 11.9 Å². The molecule has 0 saturated heterocycles. The van der Waals surface area contributed by atoms with Crippen LogP contribution in [0.15, 0.2) is 23.1 Å². The number of sulfonamides is 1. The van der Waals surface area contributed by atoms with E-state index in [2.05, 4.69) is 4.72 Å². The van der Waals surface area contributed by atoms with Crippen molar-refractivity contribution in [2.24, 2.45) is 5.92 Å². The summed E-state index contributed by atoms with van der Waals surface area (Å²) < 4.78 is 31.6. The molecule has 0 atom stereocenters. The average Bonchev–Trinajstić information content (AvgIpc) is 3.27. The Labute approximate surface area is 126 Å². The van der Waals surface area contributed by atoms with Crippen molar-refractivity contribution < 1.29 is 13.2 Å². The number of hydrogen-bond acceptors (Lipinski definition) is 5. The molecule has 0 aliphatic heterocycles. The van der Waals surface area contributed by atoms with E-state index in [0.717, 1.165) is 12.5 Å². The minimum Gasteiger partial charge on any atom is -0.397 e. The first-order chi connectivity index (χ1) is 9.94. The van der Waals surface area contributed by atoms with Crippen LogP contribution >= 0.6 is 0 Å². The molecule has 0 spiro atoms. The highest BCUT2D eigenvalue weighted by Crippen LogP contribution is 2.29. The minimum atomic E-state index is -3.46. The van der Waals surface area contributed by atoms with Crippen molar-refractivity contribution in [3.63, 3.8) is 0 Å². The van der Waals surface area contributed by atoms with Crippen molar-refractivity contribution in [1.29, 1.82) is 0 Å². The largest absolute Gasteiger partial charge is 0.397 e. The van der Waals surface area contributed by atoms with Gasteiger partial charge in [0.05, 0.1) is 22.9 Å². The van der Waals surface area contributed by atoms with E-state index in [1.54, 1.807) is 12.1 Å². The summed E-state index contributed by atoms with van der Waals surface area (Å²) in [5.41, 5.74) is 7.19. The number of nitrogens with one attached hydrogen (secondary N) is 1. The lowest BCUT2D eigenvalue weighted by atomic mass is 10.2. The van der Waals surface area contributed by atoms with Crippen molar-refractivity contribution in [2.75, 3.05) is 44.5 Å². The van der Waals surface area contributed by atoms with E-state index in [0.29, 0.717) is 24.5 Å². The first-order valence-corrected chi connectivity index (χ1v) is 8.54. The zero-order chi connectivity index (χ0) is 15.5. The summed E-state index contributed by atoms with van der Waals surface area (Å²) in [4.78, 5) is 2.12. The molecule has 1 aromatic rings. The fourth-order valence-corrected chi connectivity index (χ4v) is 2.75. The summed E-state index contributed by atoms with van der Waals surface area (Å²) in [5, 5.41) is 0. The lowest BCUT2D eigenvalue weighted by Gasteiger charge is -2.21. The van der Waals surface area contributed by atoms with Gasteiger partial charge in [-0.05, 0) is 44.0 Å². The van der Waals surface area contributed by atoms with Gasteiger partial charge in [-0.3, -0.25) is 0 Å². The molecule has 3 N–H and O–H groups in total. The van der Waals surface area contributed by atoms with Gasteiger partial charge in [0.25, 0.3) is 0 Å². The molecule has 0 heterocycles. The second kappa shape index (κ2) is 6.64.